The Morgan fingerprint density at radius 3 is 2.20 bits per heavy atom. The third kappa shape index (κ3) is 4.90. The molecule has 0 radical (unpaired) electrons. The van der Waals surface area contributed by atoms with Crippen molar-refractivity contribution in [2.24, 2.45) is 5.73 Å². The van der Waals surface area contributed by atoms with Crippen molar-refractivity contribution >= 4 is 5.97 Å². The van der Waals surface area contributed by atoms with Crippen LogP contribution in [-0.2, 0) is 23.7 Å². The van der Waals surface area contributed by atoms with Crippen molar-refractivity contribution in [2.45, 2.75) is 73.9 Å². The predicted octanol–water partition coefficient (Wildman–Crippen LogP) is -6.14. The number of ether oxygens (including phenoxy) is 4. The smallest absolute Gasteiger partial charge is 0.325 e. The summed E-state index contributed by atoms with van der Waals surface area (Å²) in [6.07, 6.45) is -14.8. The van der Waals surface area contributed by atoms with Crippen molar-refractivity contribution < 1.29 is 64.6 Å². The minimum atomic E-state index is -2.32. The number of aliphatic hydroxyl groups excluding tert-OH is 8. The van der Waals surface area contributed by atoms with Gasteiger partial charge in [0, 0.05) is 0 Å². The fraction of sp³-hybridized carbons (Fsp3) is 0.938. The van der Waals surface area contributed by atoms with Gasteiger partial charge in [0.15, 0.2) is 6.29 Å². The summed E-state index contributed by atoms with van der Waals surface area (Å²) in [6, 6.07) is -1.37. The van der Waals surface area contributed by atoms with E-state index >= 15 is 0 Å². The molecule has 0 aliphatic carbocycles. The average Bonchev–Trinajstić information content (AvgIpc) is 2.97. The van der Waals surface area contributed by atoms with E-state index < -0.39 is 92.7 Å². The summed E-state index contributed by atoms with van der Waals surface area (Å²) in [7, 11) is 0. The molecule has 2 fully saturated rings. The molecule has 10 N–H and O–H groups in total. The highest BCUT2D eigenvalue weighted by atomic mass is 16.8. The van der Waals surface area contributed by atoms with E-state index in [-0.39, 0.29) is 0 Å². The highest BCUT2D eigenvalue weighted by Crippen LogP contribution is 2.36. The zero-order chi connectivity index (χ0) is 22.8. The zero-order valence-corrected chi connectivity index (χ0v) is 16.1. The molecule has 0 spiro atoms. The summed E-state index contributed by atoms with van der Waals surface area (Å²) in [5, 5.41) is 78.5. The zero-order valence-electron chi connectivity index (χ0n) is 16.1. The maximum Gasteiger partial charge on any atom is 0.325 e. The minimum Gasteiger partial charge on any atom is -0.462 e. The summed E-state index contributed by atoms with van der Waals surface area (Å²) in [5.41, 5.74) is 5.43. The summed E-state index contributed by atoms with van der Waals surface area (Å²) < 4.78 is 20.6. The number of nitrogens with two attached hydrogens (primary N) is 1. The maximum absolute atomic E-state index is 11.8. The van der Waals surface area contributed by atoms with Crippen molar-refractivity contribution in [3.8, 4) is 0 Å². The van der Waals surface area contributed by atoms with Crippen molar-refractivity contribution in [2.75, 3.05) is 19.8 Å². The number of carbonyl (C=O) groups excluding carboxylic acids is 1. The largest absolute Gasteiger partial charge is 0.462 e. The lowest BCUT2D eigenvalue weighted by atomic mass is 9.99. The van der Waals surface area contributed by atoms with Gasteiger partial charge in [0.25, 0.3) is 0 Å². The van der Waals surface area contributed by atoms with Gasteiger partial charge in [0.05, 0.1) is 12.7 Å². The second kappa shape index (κ2) is 10.1. The van der Waals surface area contributed by atoms with E-state index in [0.717, 1.165) is 0 Å². The van der Waals surface area contributed by atoms with Gasteiger partial charge in [-0.2, -0.15) is 0 Å². The molecule has 0 unspecified atom stereocenters. The summed E-state index contributed by atoms with van der Waals surface area (Å²) in [5.74, 6) is -3.34. The first kappa shape index (κ1) is 25.3. The quantitative estimate of drug-likeness (QED) is 0.159. The van der Waals surface area contributed by atoms with E-state index in [4.69, 9.17) is 24.7 Å². The van der Waals surface area contributed by atoms with Gasteiger partial charge in [0.2, 0.25) is 5.79 Å². The van der Waals surface area contributed by atoms with E-state index in [2.05, 4.69) is 0 Å². The van der Waals surface area contributed by atoms with E-state index in [0.29, 0.717) is 0 Å². The molecule has 14 nitrogen and oxygen atoms in total. The Kier molecular flexibility index (Phi) is 8.48. The molecule has 2 saturated heterocycles. The molecule has 2 rings (SSSR count). The van der Waals surface area contributed by atoms with Crippen molar-refractivity contribution in [3.63, 3.8) is 0 Å². The molecule has 0 aromatic heterocycles. The lowest BCUT2D eigenvalue weighted by Crippen LogP contribution is -2.63. The lowest BCUT2D eigenvalue weighted by Gasteiger charge is -2.43. The molecule has 176 valence electrons. The molecule has 30 heavy (non-hydrogen) atoms. The molecule has 0 aromatic rings. The van der Waals surface area contributed by atoms with Crippen LogP contribution in [-0.4, -0.2) is 134 Å². The maximum atomic E-state index is 11.8. The first-order valence-corrected chi connectivity index (χ1v) is 9.22. The van der Waals surface area contributed by atoms with Crippen molar-refractivity contribution in [1.29, 1.82) is 0 Å². The van der Waals surface area contributed by atoms with Gasteiger partial charge in [0.1, 0.15) is 62.0 Å². The first-order chi connectivity index (χ1) is 14.0. The monoisotopic (exact) mass is 443 g/mol. The van der Waals surface area contributed by atoms with Gasteiger partial charge in [-0.3, -0.25) is 4.79 Å². The average molecular weight is 443 g/mol. The number of carbonyl (C=O) groups is 1. The Morgan fingerprint density at radius 2 is 1.70 bits per heavy atom. The Bertz CT molecular complexity index is 579. The number of hydrogen-bond acceptors (Lipinski definition) is 14. The van der Waals surface area contributed by atoms with Crippen LogP contribution < -0.4 is 5.73 Å². The van der Waals surface area contributed by atoms with Gasteiger partial charge in [-0.05, 0) is 6.92 Å². The molecule has 0 bridgehead atoms. The molecule has 0 saturated carbocycles. The fourth-order valence-corrected chi connectivity index (χ4v) is 3.08. The van der Waals surface area contributed by atoms with E-state index in [9.17, 15) is 45.6 Å². The number of aliphatic hydroxyl groups is 8. The van der Waals surface area contributed by atoms with Crippen LogP contribution in [0.1, 0.15) is 6.92 Å². The number of hydrogen-bond donors (Lipinski definition) is 9. The second-order valence-corrected chi connectivity index (χ2v) is 7.27. The van der Waals surface area contributed by atoms with Crippen molar-refractivity contribution in [3.05, 3.63) is 0 Å². The topological polar surface area (TPSA) is 242 Å². The first-order valence-electron chi connectivity index (χ1n) is 9.22. The second-order valence-electron chi connectivity index (χ2n) is 7.27. The van der Waals surface area contributed by atoms with Crippen LogP contribution in [0.5, 0.6) is 0 Å². The normalized spacial score (nSPS) is 43.9. The van der Waals surface area contributed by atoms with Crippen LogP contribution in [0.15, 0.2) is 0 Å². The van der Waals surface area contributed by atoms with Crippen LogP contribution in [0.2, 0.25) is 0 Å². The van der Waals surface area contributed by atoms with Crippen LogP contribution >= 0.6 is 0 Å². The molecule has 2 heterocycles. The molecule has 0 aromatic carbocycles. The van der Waals surface area contributed by atoms with Crippen molar-refractivity contribution in [1.82, 2.24) is 0 Å². The summed E-state index contributed by atoms with van der Waals surface area (Å²) in [4.78, 5) is 11.8. The van der Waals surface area contributed by atoms with Gasteiger partial charge in [-0.15, -0.1) is 0 Å². The highest BCUT2D eigenvalue weighted by molar-refractivity contribution is 5.76. The van der Waals surface area contributed by atoms with E-state index in [1.165, 1.54) is 6.92 Å². The number of rotatable bonds is 8. The third-order valence-corrected chi connectivity index (χ3v) is 5.07. The Morgan fingerprint density at radius 1 is 1.07 bits per heavy atom. The molecule has 0 amide bonds. The van der Waals surface area contributed by atoms with Crippen LogP contribution in [0, 0.1) is 0 Å². The number of esters is 1. The Labute approximate surface area is 171 Å². The van der Waals surface area contributed by atoms with Gasteiger partial charge in [-0.1, -0.05) is 0 Å². The third-order valence-electron chi connectivity index (χ3n) is 5.07. The summed E-state index contributed by atoms with van der Waals surface area (Å²) in [6.45, 7) is -1.14. The SMILES string of the molecule is C[C@@H](O)[C@H](N)C(=O)OC[C@H]1O[C@H](O[C@]2(CO)O[C@H](CO)[C@@H](O)[C@@H]2O)[C@H](O)[C@@H](O)[C@@H]1O. The Balaban J connectivity index is 2.11. The predicted molar refractivity (Wildman–Crippen MR) is 92.2 cm³/mol. The standard InChI is InChI=1S/C16H29NO13/c1-5(20)8(17)14(26)27-3-7-9(21)11(23)12(24)15(28-7)30-16(4-19)13(25)10(22)6(2-18)29-16/h5-13,15,18-25H,2-4,17H2,1H3/t5-,6-,7-,8+,9-,10-,11+,12-,13+,15-,16+/m1/s1. The highest BCUT2D eigenvalue weighted by Gasteiger charge is 2.58. The molecule has 14 heteroatoms. The van der Waals surface area contributed by atoms with Gasteiger partial charge >= 0.3 is 5.97 Å². The molecular weight excluding hydrogens is 414 g/mol. The fourth-order valence-electron chi connectivity index (χ4n) is 3.08. The molecule has 2 aliphatic rings. The van der Waals surface area contributed by atoms with E-state index in [1.54, 1.807) is 0 Å². The van der Waals surface area contributed by atoms with Crippen LogP contribution in [0.25, 0.3) is 0 Å². The lowest BCUT2D eigenvalue weighted by molar-refractivity contribution is -0.383. The minimum absolute atomic E-state index is 0.651. The molecular formula is C16H29NO13. The van der Waals surface area contributed by atoms with Crippen LogP contribution in [0.4, 0.5) is 0 Å². The van der Waals surface area contributed by atoms with E-state index in [1.807, 2.05) is 0 Å². The summed E-state index contributed by atoms with van der Waals surface area (Å²) >= 11 is 0. The molecule has 11 atom stereocenters. The van der Waals surface area contributed by atoms with Gasteiger partial charge < -0.3 is 65.5 Å². The van der Waals surface area contributed by atoms with Crippen LogP contribution in [0.3, 0.4) is 0 Å². The molecule has 2 aliphatic heterocycles. The Hall–Kier alpha value is -1.01. The van der Waals surface area contributed by atoms with Gasteiger partial charge in [-0.25, -0.2) is 0 Å².